The molecular formula is C34H39FO5. The van der Waals surface area contributed by atoms with Crippen molar-refractivity contribution in [2.75, 3.05) is 13.7 Å². The van der Waals surface area contributed by atoms with E-state index in [0.717, 1.165) is 36.0 Å². The lowest BCUT2D eigenvalue weighted by molar-refractivity contribution is -0.140. The van der Waals surface area contributed by atoms with E-state index >= 15 is 0 Å². The van der Waals surface area contributed by atoms with E-state index in [4.69, 9.17) is 14.2 Å². The molecule has 0 amide bonds. The van der Waals surface area contributed by atoms with Crippen LogP contribution in [0.2, 0.25) is 0 Å². The Bertz CT molecular complexity index is 1190. The van der Waals surface area contributed by atoms with Crippen LogP contribution in [0, 0.1) is 17.7 Å². The van der Waals surface area contributed by atoms with Gasteiger partial charge in [-0.15, -0.1) is 0 Å². The Labute approximate surface area is 236 Å². The molecule has 3 aromatic rings. The molecule has 40 heavy (non-hydrogen) atoms. The molecule has 4 rings (SSSR count). The Morgan fingerprint density at radius 3 is 2.30 bits per heavy atom. The molecule has 0 aliphatic heterocycles. The number of allylic oxidation sites excluding steroid dienone is 2. The van der Waals surface area contributed by atoms with E-state index in [9.17, 15) is 14.3 Å². The van der Waals surface area contributed by atoms with E-state index in [2.05, 4.69) is 48.6 Å². The zero-order valence-electron chi connectivity index (χ0n) is 23.1. The molecule has 0 spiro atoms. The summed E-state index contributed by atoms with van der Waals surface area (Å²) in [4.78, 5) is 11.4. The van der Waals surface area contributed by atoms with Crippen molar-refractivity contribution in [3.63, 3.8) is 0 Å². The summed E-state index contributed by atoms with van der Waals surface area (Å²) in [6, 6.07) is 24.9. The van der Waals surface area contributed by atoms with Crippen LogP contribution >= 0.6 is 0 Å². The Balaban J connectivity index is 1.35. The molecule has 0 heterocycles. The number of aliphatic hydroxyl groups excluding tert-OH is 1. The van der Waals surface area contributed by atoms with Crippen molar-refractivity contribution in [2.45, 2.75) is 57.5 Å². The average Bonchev–Trinajstić information content (AvgIpc) is 3.28. The number of hydrogen-bond acceptors (Lipinski definition) is 5. The van der Waals surface area contributed by atoms with E-state index in [1.54, 1.807) is 12.1 Å². The second-order valence-electron chi connectivity index (χ2n) is 10.4. The summed E-state index contributed by atoms with van der Waals surface area (Å²) in [5.74, 6) is -0.465. The molecule has 0 aromatic heterocycles. The molecule has 3 aromatic carbocycles. The van der Waals surface area contributed by atoms with Crippen molar-refractivity contribution in [2.24, 2.45) is 11.8 Å². The summed E-state index contributed by atoms with van der Waals surface area (Å²) in [7, 11) is 1.40. The van der Waals surface area contributed by atoms with Crippen molar-refractivity contribution in [1.82, 2.24) is 0 Å². The number of hydrogen-bond donors (Lipinski definition) is 1. The minimum absolute atomic E-state index is 0.0781. The highest BCUT2D eigenvalue weighted by molar-refractivity contribution is 5.69. The maximum atomic E-state index is 13.2. The fraction of sp³-hybridized carbons (Fsp3) is 0.382. The summed E-state index contributed by atoms with van der Waals surface area (Å²) in [5.41, 5.74) is 4.31. The Kier molecular flexibility index (Phi) is 11.5. The van der Waals surface area contributed by atoms with Gasteiger partial charge in [0.05, 0.1) is 39.1 Å². The molecule has 4 atom stereocenters. The fourth-order valence-corrected chi connectivity index (χ4v) is 5.26. The molecule has 5 nitrogen and oxygen atoms in total. The predicted octanol–water partition coefficient (Wildman–Crippen LogP) is 6.88. The highest BCUT2D eigenvalue weighted by atomic mass is 19.1. The van der Waals surface area contributed by atoms with E-state index in [-0.39, 0.29) is 29.7 Å². The summed E-state index contributed by atoms with van der Waals surface area (Å²) in [5, 5.41) is 11.0. The molecule has 212 valence electrons. The van der Waals surface area contributed by atoms with Gasteiger partial charge in [0.2, 0.25) is 0 Å². The molecule has 1 aliphatic carbocycles. The number of halogens is 1. The lowest BCUT2D eigenvalue weighted by Gasteiger charge is -2.25. The van der Waals surface area contributed by atoms with Gasteiger partial charge in [0, 0.05) is 18.8 Å². The standard InChI is InChI=1S/C34H39FO5/c1-38-34(37)12-8-3-2-7-11-30-31(24-39-22-25-15-19-29(35)20-16-25)32(36)21-33(30)40-23-26-13-17-28(18-14-26)27-9-5-4-6-10-27/h2,4-7,9-10,13-20,30-33,36H,3,8,11-12,21-24H2,1H3/b7-2-/t30-,31-,32+,33+/m1/s1. The molecular weight excluding hydrogens is 507 g/mol. The fourth-order valence-electron chi connectivity index (χ4n) is 5.26. The van der Waals surface area contributed by atoms with Crippen LogP contribution < -0.4 is 0 Å². The summed E-state index contributed by atoms with van der Waals surface area (Å²) < 4.78 is 30.3. The molecule has 0 unspecified atom stereocenters. The summed E-state index contributed by atoms with van der Waals surface area (Å²) in [6.45, 7) is 1.22. The smallest absolute Gasteiger partial charge is 0.305 e. The van der Waals surface area contributed by atoms with Gasteiger partial charge < -0.3 is 19.3 Å². The Hall–Kier alpha value is -3.32. The van der Waals surface area contributed by atoms with Crippen LogP contribution in [0.1, 0.15) is 43.2 Å². The third-order valence-electron chi connectivity index (χ3n) is 7.57. The lowest BCUT2D eigenvalue weighted by Crippen LogP contribution is -2.27. The van der Waals surface area contributed by atoms with Gasteiger partial charge in [0.1, 0.15) is 5.82 Å². The van der Waals surface area contributed by atoms with Crippen LogP contribution in [0.4, 0.5) is 4.39 Å². The molecule has 1 fully saturated rings. The monoisotopic (exact) mass is 546 g/mol. The van der Waals surface area contributed by atoms with Gasteiger partial charge in [-0.05, 0) is 59.6 Å². The second kappa shape index (κ2) is 15.5. The number of rotatable bonds is 14. The molecule has 1 aliphatic rings. The van der Waals surface area contributed by atoms with Crippen molar-refractivity contribution in [1.29, 1.82) is 0 Å². The number of ether oxygens (including phenoxy) is 3. The van der Waals surface area contributed by atoms with Gasteiger partial charge >= 0.3 is 5.97 Å². The zero-order chi connectivity index (χ0) is 28.2. The minimum atomic E-state index is -0.531. The SMILES string of the molecule is COC(=O)CCC/C=C\C[C@@H]1[C@@H](COCc2ccc(F)cc2)[C@@H](O)C[C@@H]1OCc1ccc(-c2ccccc2)cc1. The number of esters is 1. The van der Waals surface area contributed by atoms with Crippen LogP contribution in [0.3, 0.4) is 0 Å². The van der Waals surface area contributed by atoms with Gasteiger partial charge in [-0.2, -0.15) is 0 Å². The number of benzene rings is 3. The maximum absolute atomic E-state index is 13.2. The second-order valence-corrected chi connectivity index (χ2v) is 10.4. The first-order valence-electron chi connectivity index (χ1n) is 14.0. The molecule has 0 bridgehead atoms. The normalized spacial score (nSPS) is 20.7. The quantitative estimate of drug-likeness (QED) is 0.136. The van der Waals surface area contributed by atoms with Crippen molar-refractivity contribution >= 4 is 5.97 Å². The highest BCUT2D eigenvalue weighted by Crippen LogP contribution is 2.38. The minimum Gasteiger partial charge on any atom is -0.469 e. The van der Waals surface area contributed by atoms with E-state index in [1.165, 1.54) is 24.8 Å². The number of carbonyl (C=O) groups is 1. The van der Waals surface area contributed by atoms with Crippen molar-refractivity contribution < 1.29 is 28.5 Å². The van der Waals surface area contributed by atoms with Gasteiger partial charge in [0.25, 0.3) is 0 Å². The zero-order valence-corrected chi connectivity index (χ0v) is 23.1. The molecule has 1 N–H and O–H groups in total. The van der Waals surface area contributed by atoms with Crippen LogP contribution in [0.15, 0.2) is 91.0 Å². The van der Waals surface area contributed by atoms with E-state index in [1.807, 2.05) is 18.2 Å². The third-order valence-corrected chi connectivity index (χ3v) is 7.57. The molecule has 6 heteroatoms. The number of carbonyl (C=O) groups excluding carboxylic acids is 1. The largest absolute Gasteiger partial charge is 0.469 e. The predicted molar refractivity (Wildman–Crippen MR) is 154 cm³/mol. The summed E-state index contributed by atoms with van der Waals surface area (Å²) >= 11 is 0. The third kappa shape index (κ3) is 8.85. The van der Waals surface area contributed by atoms with Crippen LogP contribution in [0.5, 0.6) is 0 Å². The molecule has 0 radical (unpaired) electrons. The first-order valence-corrected chi connectivity index (χ1v) is 14.0. The van der Waals surface area contributed by atoms with Gasteiger partial charge in [0.15, 0.2) is 0 Å². The van der Waals surface area contributed by atoms with E-state index < -0.39 is 6.10 Å². The van der Waals surface area contributed by atoms with Crippen molar-refractivity contribution in [3.05, 3.63) is 108 Å². The first-order chi connectivity index (χ1) is 19.5. The van der Waals surface area contributed by atoms with Gasteiger partial charge in [-0.1, -0.05) is 78.9 Å². The van der Waals surface area contributed by atoms with Gasteiger partial charge in [-0.25, -0.2) is 4.39 Å². The number of aliphatic hydroxyl groups is 1. The van der Waals surface area contributed by atoms with E-state index in [0.29, 0.717) is 32.7 Å². The molecule has 0 saturated heterocycles. The van der Waals surface area contributed by atoms with Gasteiger partial charge in [-0.3, -0.25) is 4.79 Å². The van der Waals surface area contributed by atoms with Crippen LogP contribution in [0.25, 0.3) is 11.1 Å². The molecule has 1 saturated carbocycles. The summed E-state index contributed by atoms with van der Waals surface area (Å²) in [6.07, 6.45) is 6.79. The number of methoxy groups -OCH3 is 1. The Morgan fingerprint density at radius 2 is 1.57 bits per heavy atom. The Morgan fingerprint density at radius 1 is 0.900 bits per heavy atom. The number of unbranched alkanes of at least 4 members (excludes halogenated alkanes) is 1. The van der Waals surface area contributed by atoms with Crippen molar-refractivity contribution in [3.8, 4) is 11.1 Å². The van der Waals surface area contributed by atoms with Crippen LogP contribution in [-0.4, -0.2) is 37.0 Å². The first kappa shape index (κ1) is 29.7. The lowest BCUT2D eigenvalue weighted by atomic mass is 9.91. The maximum Gasteiger partial charge on any atom is 0.305 e. The van der Waals surface area contributed by atoms with Crippen LogP contribution in [-0.2, 0) is 32.2 Å². The highest BCUT2D eigenvalue weighted by Gasteiger charge is 2.42. The average molecular weight is 547 g/mol. The topological polar surface area (TPSA) is 65.0 Å².